The van der Waals surface area contributed by atoms with Crippen LogP contribution in [0.2, 0.25) is 0 Å². The average Bonchev–Trinajstić information content (AvgIpc) is 2.49. The van der Waals surface area contributed by atoms with E-state index in [2.05, 4.69) is 15.9 Å². The van der Waals surface area contributed by atoms with Crippen LogP contribution < -0.4 is 10.5 Å². The Balaban J connectivity index is 1.99. The molecule has 0 aliphatic carbocycles. The highest BCUT2D eigenvalue weighted by Gasteiger charge is 2.23. The van der Waals surface area contributed by atoms with Crippen LogP contribution in [0.5, 0.6) is 5.75 Å². The zero-order valence-corrected chi connectivity index (χ0v) is 13.4. The summed E-state index contributed by atoms with van der Waals surface area (Å²) in [4.78, 5) is 14.2. The summed E-state index contributed by atoms with van der Waals surface area (Å²) >= 11 is 3.44. The Bertz CT molecular complexity index is 473. The number of amides is 1. The summed E-state index contributed by atoms with van der Waals surface area (Å²) in [7, 11) is 0. The Morgan fingerprint density at radius 3 is 2.75 bits per heavy atom. The lowest BCUT2D eigenvalue weighted by molar-refractivity contribution is -0.138. The van der Waals surface area contributed by atoms with Crippen molar-refractivity contribution in [3.05, 3.63) is 28.2 Å². The summed E-state index contributed by atoms with van der Waals surface area (Å²) in [5.41, 5.74) is 6.64. The Kier molecular flexibility index (Phi) is 5.43. The number of likely N-dealkylation sites (tertiary alicyclic amines) is 1. The normalized spacial score (nSPS) is 16.9. The number of carbonyl (C=O) groups is 1. The van der Waals surface area contributed by atoms with Crippen LogP contribution in [-0.4, -0.2) is 30.0 Å². The van der Waals surface area contributed by atoms with Gasteiger partial charge in [-0.3, -0.25) is 4.79 Å². The predicted molar refractivity (Wildman–Crippen MR) is 82.6 cm³/mol. The van der Waals surface area contributed by atoms with Gasteiger partial charge in [0.2, 0.25) is 0 Å². The molecule has 1 aliphatic heterocycles. The van der Waals surface area contributed by atoms with Crippen LogP contribution in [0.4, 0.5) is 0 Å². The SMILES string of the molecule is CC(Oc1ccc(Br)c(CN)c1)C(=O)N1CCCCC1. The summed E-state index contributed by atoms with van der Waals surface area (Å²) in [6, 6.07) is 5.63. The monoisotopic (exact) mass is 340 g/mol. The van der Waals surface area contributed by atoms with Crippen LogP contribution in [0, 0.1) is 0 Å². The lowest BCUT2D eigenvalue weighted by atomic mass is 10.1. The Morgan fingerprint density at radius 1 is 1.40 bits per heavy atom. The number of benzene rings is 1. The van der Waals surface area contributed by atoms with Crippen LogP contribution in [-0.2, 0) is 11.3 Å². The standard InChI is InChI=1S/C15H21BrN2O2/c1-11(15(19)18-7-3-2-4-8-18)20-13-5-6-14(16)12(9-13)10-17/h5-6,9,11H,2-4,7-8,10,17H2,1H3. The van der Waals surface area contributed by atoms with Crippen molar-refractivity contribution in [3.63, 3.8) is 0 Å². The summed E-state index contributed by atoms with van der Waals surface area (Å²) in [6.45, 7) is 3.94. The van der Waals surface area contributed by atoms with Crippen molar-refractivity contribution in [1.29, 1.82) is 0 Å². The quantitative estimate of drug-likeness (QED) is 0.916. The number of nitrogens with zero attached hydrogens (tertiary/aromatic N) is 1. The number of rotatable bonds is 4. The molecule has 1 amide bonds. The molecular formula is C15H21BrN2O2. The van der Waals surface area contributed by atoms with E-state index in [-0.39, 0.29) is 5.91 Å². The highest BCUT2D eigenvalue weighted by Crippen LogP contribution is 2.23. The lowest BCUT2D eigenvalue weighted by Gasteiger charge is -2.29. The fourth-order valence-corrected chi connectivity index (χ4v) is 2.82. The topological polar surface area (TPSA) is 55.6 Å². The minimum absolute atomic E-state index is 0.0712. The summed E-state index contributed by atoms with van der Waals surface area (Å²) in [6.07, 6.45) is 2.94. The smallest absolute Gasteiger partial charge is 0.263 e. The van der Waals surface area contributed by atoms with E-state index in [9.17, 15) is 4.79 Å². The van der Waals surface area contributed by atoms with Crippen LogP contribution in [0.15, 0.2) is 22.7 Å². The van der Waals surface area contributed by atoms with Crippen molar-refractivity contribution >= 4 is 21.8 Å². The second kappa shape index (κ2) is 7.09. The van der Waals surface area contributed by atoms with Gasteiger partial charge in [-0.05, 0) is 49.9 Å². The highest BCUT2D eigenvalue weighted by molar-refractivity contribution is 9.10. The van der Waals surface area contributed by atoms with Gasteiger partial charge in [0, 0.05) is 24.1 Å². The molecule has 1 saturated heterocycles. The minimum Gasteiger partial charge on any atom is -0.481 e. The lowest BCUT2D eigenvalue weighted by Crippen LogP contribution is -2.43. The van der Waals surface area contributed by atoms with Crippen LogP contribution in [0.1, 0.15) is 31.7 Å². The van der Waals surface area contributed by atoms with Gasteiger partial charge >= 0.3 is 0 Å². The van der Waals surface area contributed by atoms with E-state index in [1.807, 2.05) is 23.1 Å². The fraction of sp³-hybridized carbons (Fsp3) is 0.533. The molecule has 0 saturated carbocycles. The zero-order valence-electron chi connectivity index (χ0n) is 11.8. The molecule has 0 bridgehead atoms. The largest absolute Gasteiger partial charge is 0.481 e. The first-order valence-corrected chi connectivity index (χ1v) is 7.85. The number of ether oxygens (including phenoxy) is 1. The maximum Gasteiger partial charge on any atom is 0.263 e. The third-order valence-electron chi connectivity index (χ3n) is 3.57. The molecule has 2 N–H and O–H groups in total. The predicted octanol–water partition coefficient (Wildman–Crippen LogP) is 2.69. The molecule has 1 fully saturated rings. The molecule has 20 heavy (non-hydrogen) atoms. The molecule has 110 valence electrons. The van der Waals surface area contributed by atoms with Crippen molar-refractivity contribution in [2.75, 3.05) is 13.1 Å². The van der Waals surface area contributed by atoms with Crippen LogP contribution >= 0.6 is 15.9 Å². The van der Waals surface area contributed by atoms with Gasteiger partial charge in [0.15, 0.2) is 6.10 Å². The first-order valence-electron chi connectivity index (χ1n) is 7.05. The molecule has 1 aliphatic rings. The van der Waals surface area contributed by atoms with Gasteiger partial charge in [0.25, 0.3) is 5.91 Å². The summed E-state index contributed by atoms with van der Waals surface area (Å²) in [5, 5.41) is 0. The number of hydrogen-bond donors (Lipinski definition) is 1. The van der Waals surface area contributed by atoms with E-state index in [0.29, 0.717) is 12.3 Å². The fourth-order valence-electron chi connectivity index (χ4n) is 2.41. The van der Waals surface area contributed by atoms with Crippen molar-refractivity contribution in [3.8, 4) is 5.75 Å². The maximum atomic E-state index is 12.3. The molecule has 4 nitrogen and oxygen atoms in total. The molecule has 2 rings (SSSR count). The van der Waals surface area contributed by atoms with E-state index in [1.54, 1.807) is 6.92 Å². The molecule has 1 unspecified atom stereocenters. The van der Waals surface area contributed by atoms with Crippen molar-refractivity contribution in [2.45, 2.75) is 38.8 Å². The van der Waals surface area contributed by atoms with Gasteiger partial charge < -0.3 is 15.4 Å². The minimum atomic E-state index is -0.458. The summed E-state index contributed by atoms with van der Waals surface area (Å²) in [5.74, 6) is 0.758. The van der Waals surface area contributed by atoms with Crippen LogP contribution in [0.3, 0.4) is 0 Å². The van der Waals surface area contributed by atoms with Gasteiger partial charge in [0.1, 0.15) is 5.75 Å². The first-order chi connectivity index (χ1) is 9.61. The number of halogens is 1. The number of hydrogen-bond acceptors (Lipinski definition) is 3. The van der Waals surface area contributed by atoms with E-state index in [4.69, 9.17) is 10.5 Å². The molecule has 5 heteroatoms. The number of nitrogens with two attached hydrogens (primary N) is 1. The Labute approximate surface area is 128 Å². The van der Waals surface area contributed by atoms with Gasteiger partial charge in [-0.1, -0.05) is 15.9 Å². The molecule has 0 spiro atoms. The third kappa shape index (κ3) is 3.73. The molecule has 1 aromatic rings. The zero-order chi connectivity index (χ0) is 14.5. The van der Waals surface area contributed by atoms with Gasteiger partial charge in [-0.15, -0.1) is 0 Å². The second-order valence-corrected chi connectivity index (χ2v) is 5.96. The maximum absolute atomic E-state index is 12.3. The molecule has 1 aromatic carbocycles. The molecule has 1 heterocycles. The molecule has 0 aromatic heterocycles. The Morgan fingerprint density at radius 2 is 2.10 bits per heavy atom. The average molecular weight is 341 g/mol. The van der Waals surface area contributed by atoms with Gasteiger partial charge in [0.05, 0.1) is 0 Å². The first kappa shape index (κ1) is 15.3. The van der Waals surface area contributed by atoms with Crippen molar-refractivity contribution in [1.82, 2.24) is 4.90 Å². The van der Waals surface area contributed by atoms with E-state index >= 15 is 0 Å². The Hall–Kier alpha value is -1.07. The van der Waals surface area contributed by atoms with E-state index in [1.165, 1.54) is 6.42 Å². The third-order valence-corrected chi connectivity index (χ3v) is 4.34. The molecule has 1 atom stereocenters. The number of piperidine rings is 1. The summed E-state index contributed by atoms with van der Waals surface area (Å²) < 4.78 is 6.72. The van der Waals surface area contributed by atoms with Gasteiger partial charge in [-0.25, -0.2) is 0 Å². The van der Waals surface area contributed by atoms with Crippen LogP contribution in [0.25, 0.3) is 0 Å². The molecule has 0 radical (unpaired) electrons. The second-order valence-electron chi connectivity index (χ2n) is 5.10. The van der Waals surface area contributed by atoms with Crippen molar-refractivity contribution in [2.24, 2.45) is 5.73 Å². The molecular weight excluding hydrogens is 320 g/mol. The highest BCUT2D eigenvalue weighted by atomic mass is 79.9. The van der Waals surface area contributed by atoms with Crippen molar-refractivity contribution < 1.29 is 9.53 Å². The number of carbonyl (C=O) groups excluding carboxylic acids is 1. The van der Waals surface area contributed by atoms with Gasteiger partial charge in [-0.2, -0.15) is 0 Å². The van der Waals surface area contributed by atoms with E-state index < -0.39 is 6.10 Å². The van der Waals surface area contributed by atoms with E-state index in [0.717, 1.165) is 36.0 Å².